The van der Waals surface area contributed by atoms with Gasteiger partial charge in [-0.15, -0.1) is 15.0 Å². The number of hydrogen-bond donors (Lipinski definition) is 2. The fourth-order valence-electron chi connectivity index (χ4n) is 4.65. The van der Waals surface area contributed by atoms with Crippen molar-refractivity contribution < 1.29 is 18.8 Å². The zero-order valence-electron chi connectivity index (χ0n) is 24.3. The van der Waals surface area contributed by atoms with E-state index in [1.54, 1.807) is 14.2 Å². The number of carbonyl (C=O) groups excluding carboxylic acids is 1. The van der Waals surface area contributed by atoms with Crippen LogP contribution in [0, 0.1) is 0 Å². The Labute approximate surface area is 237 Å². The minimum Gasteiger partial charge on any atom is -0.505 e. The number of amides is 1. The number of hydrogen-bond acceptors (Lipinski definition) is 6. The molecule has 0 saturated heterocycles. The summed E-state index contributed by atoms with van der Waals surface area (Å²) in [6.07, 6.45) is 1.67. The maximum atomic E-state index is 12.6. The lowest BCUT2D eigenvalue weighted by molar-refractivity contribution is -0.121. The lowest BCUT2D eigenvalue weighted by atomic mass is 9.84. The molecule has 0 atom stereocenters. The SMILES string of the molecule is CO[Si](C)(CCCNC(=O)CCc1cc(-n2nc3ccc(-c4ccccc4)cc3n2)c(O)c(C(C)(C)C)c1)OC. The van der Waals surface area contributed by atoms with Gasteiger partial charge in [-0.05, 0) is 65.7 Å². The number of aryl methyl sites for hydroxylation is 1. The Balaban J connectivity index is 1.53. The van der Waals surface area contributed by atoms with Crippen molar-refractivity contribution in [3.05, 3.63) is 71.8 Å². The van der Waals surface area contributed by atoms with E-state index in [-0.39, 0.29) is 17.1 Å². The molecule has 0 fully saturated rings. The van der Waals surface area contributed by atoms with E-state index in [0.29, 0.717) is 25.1 Å². The molecule has 9 heteroatoms. The van der Waals surface area contributed by atoms with Crippen LogP contribution in [0.15, 0.2) is 60.7 Å². The van der Waals surface area contributed by atoms with E-state index in [4.69, 9.17) is 14.0 Å². The van der Waals surface area contributed by atoms with Crippen molar-refractivity contribution in [3.8, 4) is 22.6 Å². The monoisotopic (exact) mass is 560 g/mol. The number of nitrogens with zero attached hydrogens (tertiary/aromatic N) is 3. The van der Waals surface area contributed by atoms with Gasteiger partial charge in [-0.2, -0.15) is 0 Å². The van der Waals surface area contributed by atoms with Crippen LogP contribution in [0.3, 0.4) is 0 Å². The van der Waals surface area contributed by atoms with Crippen molar-refractivity contribution >= 4 is 25.5 Å². The number of phenolic OH excluding ortho intramolecular Hbond substituents is 1. The van der Waals surface area contributed by atoms with Gasteiger partial charge < -0.3 is 19.3 Å². The summed E-state index contributed by atoms with van der Waals surface area (Å²) in [5.41, 5.74) is 5.55. The number of aromatic nitrogens is 3. The molecular formula is C31H40N4O4Si. The summed E-state index contributed by atoms with van der Waals surface area (Å²) in [4.78, 5) is 14.1. The lowest BCUT2D eigenvalue weighted by Gasteiger charge is -2.23. The largest absolute Gasteiger partial charge is 0.505 e. The molecule has 1 heterocycles. The number of nitrogens with one attached hydrogen (secondary N) is 1. The van der Waals surface area contributed by atoms with Crippen LogP contribution in [0.1, 0.15) is 44.7 Å². The first-order chi connectivity index (χ1) is 19.0. The summed E-state index contributed by atoms with van der Waals surface area (Å²) in [7, 11) is 1.22. The van der Waals surface area contributed by atoms with Crippen molar-refractivity contribution in [2.45, 2.75) is 58.0 Å². The van der Waals surface area contributed by atoms with Crippen molar-refractivity contribution in [3.63, 3.8) is 0 Å². The molecule has 0 spiro atoms. The van der Waals surface area contributed by atoms with Crippen LogP contribution in [0.4, 0.5) is 0 Å². The van der Waals surface area contributed by atoms with Crippen LogP contribution in [-0.2, 0) is 25.5 Å². The molecule has 0 aliphatic rings. The molecule has 40 heavy (non-hydrogen) atoms. The highest BCUT2D eigenvalue weighted by Gasteiger charge is 2.28. The third kappa shape index (κ3) is 6.96. The molecule has 2 N–H and O–H groups in total. The highest BCUT2D eigenvalue weighted by Crippen LogP contribution is 2.36. The average molecular weight is 561 g/mol. The quantitative estimate of drug-likeness (QED) is 0.175. The average Bonchev–Trinajstić information content (AvgIpc) is 3.37. The number of carbonyl (C=O) groups is 1. The molecule has 212 valence electrons. The highest BCUT2D eigenvalue weighted by molar-refractivity contribution is 6.65. The predicted molar refractivity (Wildman–Crippen MR) is 161 cm³/mol. The fourth-order valence-corrected chi connectivity index (χ4v) is 6.04. The van der Waals surface area contributed by atoms with Gasteiger partial charge in [-0.1, -0.05) is 63.2 Å². The summed E-state index contributed by atoms with van der Waals surface area (Å²) < 4.78 is 11.0. The molecule has 0 aliphatic carbocycles. The molecule has 1 amide bonds. The maximum Gasteiger partial charge on any atom is 0.334 e. The number of phenols is 1. The smallest absolute Gasteiger partial charge is 0.334 e. The molecule has 0 aliphatic heterocycles. The van der Waals surface area contributed by atoms with Gasteiger partial charge in [-0.25, -0.2) is 0 Å². The third-order valence-electron chi connectivity index (χ3n) is 7.29. The Morgan fingerprint density at radius 3 is 2.35 bits per heavy atom. The summed E-state index contributed by atoms with van der Waals surface area (Å²) in [5.74, 6) is 0.134. The molecular weight excluding hydrogens is 520 g/mol. The Bertz CT molecular complexity index is 1460. The van der Waals surface area contributed by atoms with Crippen LogP contribution in [0.2, 0.25) is 12.6 Å². The summed E-state index contributed by atoms with van der Waals surface area (Å²) in [6.45, 7) is 8.76. The molecule has 0 unspecified atom stereocenters. The summed E-state index contributed by atoms with van der Waals surface area (Å²) >= 11 is 0. The van der Waals surface area contributed by atoms with Gasteiger partial charge in [0.05, 0.1) is 0 Å². The van der Waals surface area contributed by atoms with Gasteiger partial charge in [0, 0.05) is 32.7 Å². The first-order valence-corrected chi connectivity index (χ1v) is 16.2. The number of fused-ring (bicyclic) bond motifs is 1. The van der Waals surface area contributed by atoms with E-state index < -0.39 is 8.56 Å². The second kappa shape index (κ2) is 12.3. The van der Waals surface area contributed by atoms with Crippen LogP contribution >= 0.6 is 0 Å². The Hall–Kier alpha value is -3.53. The molecule has 8 nitrogen and oxygen atoms in total. The maximum absolute atomic E-state index is 12.6. The van der Waals surface area contributed by atoms with Gasteiger partial charge in [0.1, 0.15) is 22.5 Å². The minimum absolute atomic E-state index is 0.0125. The van der Waals surface area contributed by atoms with Crippen LogP contribution in [0.5, 0.6) is 5.75 Å². The van der Waals surface area contributed by atoms with E-state index in [1.807, 2.05) is 55.1 Å². The van der Waals surface area contributed by atoms with E-state index in [1.165, 1.54) is 4.80 Å². The van der Waals surface area contributed by atoms with Gasteiger partial charge >= 0.3 is 8.56 Å². The van der Waals surface area contributed by atoms with Gasteiger partial charge in [-0.3, -0.25) is 4.79 Å². The molecule has 4 aromatic rings. The van der Waals surface area contributed by atoms with E-state index in [0.717, 1.165) is 45.8 Å². The second-order valence-electron chi connectivity index (χ2n) is 11.3. The molecule has 4 rings (SSSR count). The number of rotatable bonds is 11. The minimum atomic E-state index is -2.13. The zero-order chi connectivity index (χ0) is 28.9. The zero-order valence-corrected chi connectivity index (χ0v) is 25.3. The number of aromatic hydroxyl groups is 1. The Morgan fingerprint density at radius 2 is 1.68 bits per heavy atom. The van der Waals surface area contributed by atoms with Crippen molar-refractivity contribution in [1.82, 2.24) is 20.3 Å². The molecule has 3 aromatic carbocycles. The highest BCUT2D eigenvalue weighted by atomic mass is 28.4. The first kappa shape index (κ1) is 29.4. The number of benzene rings is 3. The molecule has 0 saturated carbocycles. The van der Waals surface area contributed by atoms with Crippen LogP contribution in [-0.4, -0.2) is 55.3 Å². The van der Waals surface area contributed by atoms with E-state index in [9.17, 15) is 9.90 Å². The molecule has 0 radical (unpaired) electrons. The van der Waals surface area contributed by atoms with Gasteiger partial charge in [0.15, 0.2) is 0 Å². The fraction of sp³-hybridized carbons (Fsp3) is 0.387. The second-order valence-corrected chi connectivity index (χ2v) is 14.9. The summed E-state index contributed by atoms with van der Waals surface area (Å²) in [5, 5.41) is 23.7. The van der Waals surface area contributed by atoms with Crippen LogP contribution in [0.25, 0.3) is 27.8 Å². The predicted octanol–water partition coefficient (Wildman–Crippen LogP) is 5.89. The van der Waals surface area contributed by atoms with Gasteiger partial charge in [0.2, 0.25) is 5.91 Å². The Kier molecular flexibility index (Phi) is 9.07. The van der Waals surface area contributed by atoms with Crippen molar-refractivity contribution in [2.75, 3.05) is 20.8 Å². The Morgan fingerprint density at radius 1 is 0.975 bits per heavy atom. The first-order valence-electron chi connectivity index (χ1n) is 13.7. The molecule has 1 aromatic heterocycles. The van der Waals surface area contributed by atoms with E-state index in [2.05, 4.69) is 43.3 Å². The standard InChI is InChI=1S/C31H40N4O4Si/c1-31(2,3)25-19-22(13-16-29(36)32-17-10-18-40(6,38-4)39-5)20-28(30(25)37)35-33-26-15-14-24(21-27(26)34-35)23-11-8-7-9-12-23/h7-9,11-12,14-15,19-21,37H,10,13,16-18H2,1-6H3,(H,32,36). The van der Waals surface area contributed by atoms with Crippen LogP contribution < -0.4 is 5.32 Å². The molecule has 0 bridgehead atoms. The lowest BCUT2D eigenvalue weighted by Crippen LogP contribution is -2.37. The third-order valence-corrected chi connectivity index (χ3v) is 10.3. The van der Waals surface area contributed by atoms with E-state index >= 15 is 0 Å². The summed E-state index contributed by atoms with van der Waals surface area (Å²) in [6, 6.07) is 20.8. The van der Waals surface area contributed by atoms with Gasteiger partial charge in [0.25, 0.3) is 0 Å². The normalized spacial score (nSPS) is 12.2. The van der Waals surface area contributed by atoms with Crippen molar-refractivity contribution in [2.24, 2.45) is 0 Å². The topological polar surface area (TPSA) is 98.5 Å². The van der Waals surface area contributed by atoms with Crippen molar-refractivity contribution in [1.29, 1.82) is 0 Å².